The third-order valence-electron chi connectivity index (χ3n) is 3.28. The fourth-order valence-electron chi connectivity index (χ4n) is 2.15. The number of hydrogen-bond acceptors (Lipinski definition) is 2. The minimum absolute atomic E-state index is 0.756. The van der Waals surface area contributed by atoms with Crippen LogP contribution in [0.2, 0.25) is 0 Å². The summed E-state index contributed by atoms with van der Waals surface area (Å²) >= 11 is 0. The van der Waals surface area contributed by atoms with Crippen LogP contribution in [0.1, 0.15) is 51.3 Å². The van der Waals surface area contributed by atoms with Gasteiger partial charge in [0.05, 0.1) is 6.33 Å². The molecule has 3 nitrogen and oxygen atoms in total. The van der Waals surface area contributed by atoms with Crippen molar-refractivity contribution < 1.29 is 0 Å². The minimum Gasteiger partial charge on any atom is -0.332 e. The summed E-state index contributed by atoms with van der Waals surface area (Å²) in [5.41, 5.74) is 1.43. The van der Waals surface area contributed by atoms with E-state index in [0.29, 0.717) is 0 Å². The Bertz CT molecular complexity index is 326. The van der Waals surface area contributed by atoms with Crippen molar-refractivity contribution in [2.45, 2.75) is 52.0 Å². The Hall–Kier alpha value is -0.830. The minimum atomic E-state index is 0.756. The van der Waals surface area contributed by atoms with E-state index in [1.165, 1.54) is 37.8 Å². The number of aromatic nitrogens is 2. The summed E-state index contributed by atoms with van der Waals surface area (Å²) in [6.45, 7) is 6.79. The van der Waals surface area contributed by atoms with Crippen molar-refractivity contribution in [3.05, 3.63) is 18.2 Å². The van der Waals surface area contributed by atoms with E-state index in [9.17, 15) is 0 Å². The van der Waals surface area contributed by atoms with Crippen LogP contribution in [0.25, 0.3) is 0 Å². The van der Waals surface area contributed by atoms with Crippen molar-refractivity contribution in [1.82, 2.24) is 14.9 Å². The molecule has 1 fully saturated rings. The Kier molecular flexibility index (Phi) is 4.60. The quantitative estimate of drug-likeness (QED) is 0.702. The van der Waals surface area contributed by atoms with E-state index in [-0.39, 0.29) is 0 Å². The van der Waals surface area contributed by atoms with Gasteiger partial charge in [0.25, 0.3) is 0 Å². The van der Waals surface area contributed by atoms with Gasteiger partial charge in [-0.3, -0.25) is 0 Å². The normalized spacial score (nSPS) is 15.7. The summed E-state index contributed by atoms with van der Waals surface area (Å²) in [6.07, 6.45) is 10.5. The van der Waals surface area contributed by atoms with E-state index in [1.807, 2.05) is 12.5 Å². The average Bonchev–Trinajstić information content (AvgIpc) is 3.03. The van der Waals surface area contributed by atoms with E-state index < -0.39 is 0 Å². The summed E-state index contributed by atoms with van der Waals surface area (Å²) in [7, 11) is 0. The van der Waals surface area contributed by atoms with Gasteiger partial charge >= 0.3 is 0 Å². The zero-order chi connectivity index (χ0) is 12.1. The number of hydrogen-bond donors (Lipinski definition) is 1. The van der Waals surface area contributed by atoms with Gasteiger partial charge < -0.3 is 9.88 Å². The van der Waals surface area contributed by atoms with Crippen molar-refractivity contribution in [3.63, 3.8) is 0 Å². The maximum Gasteiger partial charge on any atom is 0.0950 e. The molecule has 1 aliphatic carbocycles. The lowest BCUT2D eigenvalue weighted by Gasteiger charge is -2.08. The zero-order valence-electron chi connectivity index (χ0n) is 11.2. The van der Waals surface area contributed by atoms with Crippen LogP contribution in [0.3, 0.4) is 0 Å². The molecule has 96 valence electrons. The maximum atomic E-state index is 4.27. The fourth-order valence-corrected chi connectivity index (χ4v) is 2.15. The van der Waals surface area contributed by atoms with Crippen molar-refractivity contribution in [1.29, 1.82) is 0 Å². The molecule has 17 heavy (non-hydrogen) atoms. The van der Waals surface area contributed by atoms with Gasteiger partial charge in [-0.2, -0.15) is 0 Å². The molecule has 2 rings (SSSR count). The molecule has 1 aromatic rings. The van der Waals surface area contributed by atoms with Crippen molar-refractivity contribution in [2.24, 2.45) is 5.92 Å². The lowest BCUT2D eigenvalue weighted by atomic mass is 10.2. The van der Waals surface area contributed by atoms with Crippen LogP contribution < -0.4 is 5.32 Å². The Morgan fingerprint density at radius 1 is 1.41 bits per heavy atom. The molecule has 0 radical (unpaired) electrons. The molecule has 0 bridgehead atoms. The Morgan fingerprint density at radius 3 is 2.94 bits per heavy atom. The topological polar surface area (TPSA) is 29.9 Å². The molecule has 0 atom stereocenters. The largest absolute Gasteiger partial charge is 0.332 e. The van der Waals surface area contributed by atoms with Crippen LogP contribution in [0, 0.1) is 5.92 Å². The van der Waals surface area contributed by atoms with Crippen molar-refractivity contribution in [2.75, 3.05) is 13.1 Å². The lowest BCUT2D eigenvalue weighted by molar-refractivity contribution is 0.532. The fraction of sp³-hybridized carbons (Fsp3) is 0.786. The predicted molar refractivity (Wildman–Crippen MR) is 71.1 cm³/mol. The Labute approximate surface area is 105 Å². The maximum absolute atomic E-state index is 4.27. The number of imidazole rings is 1. The van der Waals surface area contributed by atoms with Crippen molar-refractivity contribution >= 4 is 0 Å². The molecular formula is C14H25N3. The summed E-state index contributed by atoms with van der Waals surface area (Å²) in [4.78, 5) is 4.27. The summed E-state index contributed by atoms with van der Waals surface area (Å²) in [5.74, 6) is 0.756. The smallest absolute Gasteiger partial charge is 0.0950 e. The first kappa shape index (κ1) is 12.6. The molecule has 0 aromatic carbocycles. The zero-order valence-corrected chi connectivity index (χ0v) is 11.2. The molecule has 1 heterocycles. The highest BCUT2D eigenvalue weighted by Gasteiger charge is 2.24. The highest BCUT2D eigenvalue weighted by atomic mass is 15.1. The third-order valence-corrected chi connectivity index (χ3v) is 3.28. The second-order valence-corrected chi connectivity index (χ2v) is 5.58. The van der Waals surface area contributed by atoms with Gasteiger partial charge in [-0.15, -0.1) is 0 Å². The molecule has 1 aliphatic rings. The number of unbranched alkanes of at least 4 members (excludes halogenated alkanes) is 1. The van der Waals surface area contributed by atoms with Gasteiger partial charge in [-0.25, -0.2) is 4.98 Å². The van der Waals surface area contributed by atoms with Gasteiger partial charge in [-0.05, 0) is 51.1 Å². The van der Waals surface area contributed by atoms with E-state index >= 15 is 0 Å². The summed E-state index contributed by atoms with van der Waals surface area (Å²) < 4.78 is 2.38. The summed E-state index contributed by atoms with van der Waals surface area (Å²) in [6, 6.07) is 0.770. The molecule has 0 unspecified atom stereocenters. The first-order valence-corrected chi connectivity index (χ1v) is 6.99. The van der Waals surface area contributed by atoms with E-state index in [4.69, 9.17) is 0 Å². The van der Waals surface area contributed by atoms with Gasteiger partial charge in [-0.1, -0.05) is 13.8 Å². The number of nitrogens with one attached hydrogen (secondary N) is 1. The number of aryl methyl sites for hydroxylation is 1. The van der Waals surface area contributed by atoms with E-state index in [0.717, 1.165) is 25.0 Å². The molecular weight excluding hydrogens is 210 g/mol. The molecule has 0 amide bonds. The molecule has 1 saturated carbocycles. The lowest BCUT2D eigenvalue weighted by Crippen LogP contribution is -2.20. The standard InChI is InChI=1S/C14H25N3/c1-12(2)9-15-8-4-3-5-14-10-16-11-17(14)13-6-7-13/h10-13,15H,3-9H2,1-2H3. The third kappa shape index (κ3) is 4.15. The molecule has 0 aliphatic heterocycles. The van der Waals surface area contributed by atoms with Gasteiger partial charge in [0, 0.05) is 17.9 Å². The van der Waals surface area contributed by atoms with Crippen LogP contribution in [0.15, 0.2) is 12.5 Å². The number of nitrogens with zero attached hydrogens (tertiary/aromatic N) is 2. The van der Waals surface area contributed by atoms with Crippen LogP contribution in [0.4, 0.5) is 0 Å². The summed E-state index contributed by atoms with van der Waals surface area (Å²) in [5, 5.41) is 3.49. The molecule has 0 spiro atoms. The average molecular weight is 235 g/mol. The van der Waals surface area contributed by atoms with Gasteiger partial charge in [0.15, 0.2) is 0 Å². The molecule has 3 heteroatoms. The van der Waals surface area contributed by atoms with Gasteiger partial charge in [0.2, 0.25) is 0 Å². The van der Waals surface area contributed by atoms with Crippen LogP contribution >= 0.6 is 0 Å². The Morgan fingerprint density at radius 2 is 2.24 bits per heavy atom. The Balaban J connectivity index is 1.59. The number of rotatable bonds is 8. The van der Waals surface area contributed by atoms with E-state index in [2.05, 4.69) is 28.7 Å². The molecule has 0 saturated heterocycles. The first-order chi connectivity index (χ1) is 8.27. The monoisotopic (exact) mass is 235 g/mol. The highest BCUT2D eigenvalue weighted by molar-refractivity contribution is 5.03. The van der Waals surface area contributed by atoms with Gasteiger partial charge in [0.1, 0.15) is 0 Å². The second-order valence-electron chi connectivity index (χ2n) is 5.58. The SMILES string of the molecule is CC(C)CNCCCCc1cncn1C1CC1. The van der Waals surface area contributed by atoms with Crippen LogP contribution in [0.5, 0.6) is 0 Å². The van der Waals surface area contributed by atoms with Crippen LogP contribution in [-0.4, -0.2) is 22.6 Å². The first-order valence-electron chi connectivity index (χ1n) is 6.99. The molecule has 1 aromatic heterocycles. The highest BCUT2D eigenvalue weighted by Crippen LogP contribution is 2.35. The van der Waals surface area contributed by atoms with Crippen molar-refractivity contribution in [3.8, 4) is 0 Å². The van der Waals surface area contributed by atoms with Crippen LogP contribution in [-0.2, 0) is 6.42 Å². The second kappa shape index (κ2) is 6.20. The van der Waals surface area contributed by atoms with E-state index in [1.54, 1.807) is 0 Å². The molecule has 1 N–H and O–H groups in total. The predicted octanol–water partition coefficient (Wildman–Crippen LogP) is 2.79.